The Morgan fingerprint density at radius 3 is 2.75 bits per heavy atom. The summed E-state index contributed by atoms with van der Waals surface area (Å²) < 4.78 is 0. The van der Waals surface area contributed by atoms with E-state index in [1.807, 2.05) is 0 Å². The number of hydrogen-bond donors (Lipinski definition) is 1. The molecule has 0 amide bonds. The van der Waals surface area contributed by atoms with E-state index >= 15 is 0 Å². The lowest BCUT2D eigenvalue weighted by Gasteiger charge is -2.23. The summed E-state index contributed by atoms with van der Waals surface area (Å²) >= 11 is 0. The van der Waals surface area contributed by atoms with Gasteiger partial charge in [-0.1, -0.05) is 6.92 Å². The molecule has 2 saturated heterocycles. The van der Waals surface area contributed by atoms with E-state index in [9.17, 15) is 0 Å². The van der Waals surface area contributed by atoms with Gasteiger partial charge in [0.2, 0.25) is 0 Å². The zero-order valence-corrected chi connectivity index (χ0v) is 10.9. The molecule has 2 fully saturated rings. The first-order valence-electron chi connectivity index (χ1n) is 6.93. The first kappa shape index (κ1) is 12.3. The van der Waals surface area contributed by atoms with Crippen LogP contribution in [-0.4, -0.2) is 62.2 Å². The highest BCUT2D eigenvalue weighted by molar-refractivity contribution is 4.87. The first-order valence-corrected chi connectivity index (χ1v) is 6.93. The number of rotatable bonds is 5. The van der Waals surface area contributed by atoms with Crippen LogP contribution in [0, 0.1) is 5.92 Å². The van der Waals surface area contributed by atoms with Crippen molar-refractivity contribution in [3.05, 3.63) is 0 Å². The highest BCUT2D eigenvalue weighted by Gasteiger charge is 2.31. The van der Waals surface area contributed by atoms with Gasteiger partial charge in [-0.3, -0.25) is 4.90 Å². The van der Waals surface area contributed by atoms with E-state index in [-0.39, 0.29) is 0 Å². The Bertz CT molecular complexity index is 207. The highest BCUT2D eigenvalue weighted by atomic mass is 15.3. The maximum Gasteiger partial charge on any atom is 0.0235 e. The Labute approximate surface area is 100 Å². The van der Waals surface area contributed by atoms with Gasteiger partial charge < -0.3 is 10.2 Å². The SMILES string of the molecule is CCCNCC1CCN(C2CCN(C)C2)C1. The number of likely N-dealkylation sites (N-methyl/N-ethyl adjacent to an activating group) is 1. The molecule has 2 aliphatic rings. The average Bonchev–Trinajstić information content (AvgIpc) is 2.87. The van der Waals surface area contributed by atoms with E-state index in [1.54, 1.807) is 0 Å². The van der Waals surface area contributed by atoms with Crippen LogP contribution in [0.15, 0.2) is 0 Å². The molecular formula is C13H27N3. The van der Waals surface area contributed by atoms with Crippen molar-refractivity contribution in [2.45, 2.75) is 32.2 Å². The van der Waals surface area contributed by atoms with Crippen LogP contribution >= 0.6 is 0 Å². The van der Waals surface area contributed by atoms with Crippen LogP contribution in [0.25, 0.3) is 0 Å². The second kappa shape index (κ2) is 5.99. The average molecular weight is 225 g/mol. The van der Waals surface area contributed by atoms with E-state index in [4.69, 9.17) is 0 Å². The summed E-state index contributed by atoms with van der Waals surface area (Å²) in [7, 11) is 2.25. The van der Waals surface area contributed by atoms with E-state index in [2.05, 4.69) is 29.1 Å². The molecule has 0 spiro atoms. The van der Waals surface area contributed by atoms with Crippen LogP contribution in [-0.2, 0) is 0 Å². The second-order valence-corrected chi connectivity index (χ2v) is 5.56. The first-order chi connectivity index (χ1) is 7.79. The van der Waals surface area contributed by atoms with Crippen molar-refractivity contribution in [3.8, 4) is 0 Å². The van der Waals surface area contributed by atoms with E-state index < -0.39 is 0 Å². The lowest BCUT2D eigenvalue weighted by Crippen LogP contribution is -2.36. The Morgan fingerprint density at radius 1 is 1.19 bits per heavy atom. The Hall–Kier alpha value is -0.120. The van der Waals surface area contributed by atoms with Crippen LogP contribution in [0.1, 0.15) is 26.2 Å². The van der Waals surface area contributed by atoms with E-state index in [0.717, 1.165) is 12.0 Å². The standard InChI is InChI=1S/C13H27N3/c1-3-6-14-9-12-4-8-16(10-12)13-5-7-15(2)11-13/h12-14H,3-11H2,1-2H3. The van der Waals surface area contributed by atoms with Gasteiger partial charge in [0.25, 0.3) is 0 Å². The van der Waals surface area contributed by atoms with Gasteiger partial charge in [0.1, 0.15) is 0 Å². The molecule has 0 radical (unpaired) electrons. The van der Waals surface area contributed by atoms with Gasteiger partial charge >= 0.3 is 0 Å². The fourth-order valence-corrected chi connectivity index (χ4v) is 3.05. The highest BCUT2D eigenvalue weighted by Crippen LogP contribution is 2.22. The van der Waals surface area contributed by atoms with Crippen LogP contribution < -0.4 is 5.32 Å². The van der Waals surface area contributed by atoms with Gasteiger partial charge in [-0.05, 0) is 58.4 Å². The fraction of sp³-hybridized carbons (Fsp3) is 1.00. The lowest BCUT2D eigenvalue weighted by molar-refractivity contribution is 0.233. The number of likely N-dealkylation sites (tertiary alicyclic amines) is 2. The third kappa shape index (κ3) is 3.19. The molecule has 0 aliphatic carbocycles. The minimum Gasteiger partial charge on any atom is -0.316 e. The topological polar surface area (TPSA) is 18.5 Å². The van der Waals surface area contributed by atoms with Gasteiger partial charge in [-0.2, -0.15) is 0 Å². The molecule has 0 aromatic carbocycles. The quantitative estimate of drug-likeness (QED) is 0.705. The molecule has 2 heterocycles. The summed E-state index contributed by atoms with van der Waals surface area (Å²) in [5.74, 6) is 0.900. The van der Waals surface area contributed by atoms with Gasteiger partial charge in [0.15, 0.2) is 0 Å². The molecule has 0 saturated carbocycles. The molecule has 2 atom stereocenters. The van der Waals surface area contributed by atoms with Gasteiger partial charge in [-0.25, -0.2) is 0 Å². The predicted molar refractivity (Wildman–Crippen MR) is 68.7 cm³/mol. The fourth-order valence-electron chi connectivity index (χ4n) is 3.05. The minimum absolute atomic E-state index is 0.848. The van der Waals surface area contributed by atoms with Gasteiger partial charge in [0.05, 0.1) is 0 Å². The van der Waals surface area contributed by atoms with Crippen LogP contribution in [0.4, 0.5) is 0 Å². The van der Waals surface area contributed by atoms with Gasteiger partial charge in [-0.15, -0.1) is 0 Å². The maximum absolute atomic E-state index is 3.56. The smallest absolute Gasteiger partial charge is 0.0235 e. The molecule has 2 rings (SSSR count). The van der Waals surface area contributed by atoms with Crippen LogP contribution in [0.5, 0.6) is 0 Å². The van der Waals surface area contributed by atoms with Crippen LogP contribution in [0.2, 0.25) is 0 Å². The van der Waals surface area contributed by atoms with Crippen molar-refractivity contribution in [3.63, 3.8) is 0 Å². The molecule has 1 N–H and O–H groups in total. The summed E-state index contributed by atoms with van der Waals surface area (Å²) in [5.41, 5.74) is 0. The molecule has 3 nitrogen and oxygen atoms in total. The van der Waals surface area contributed by atoms with Gasteiger partial charge in [0, 0.05) is 19.1 Å². The normalized spacial score (nSPS) is 32.6. The van der Waals surface area contributed by atoms with E-state index in [0.29, 0.717) is 0 Å². The zero-order valence-electron chi connectivity index (χ0n) is 10.9. The predicted octanol–water partition coefficient (Wildman–Crippen LogP) is 1.01. The maximum atomic E-state index is 3.56. The molecule has 2 unspecified atom stereocenters. The van der Waals surface area contributed by atoms with Crippen molar-refractivity contribution in [2.24, 2.45) is 5.92 Å². The van der Waals surface area contributed by atoms with Crippen molar-refractivity contribution in [1.82, 2.24) is 15.1 Å². The molecule has 0 bridgehead atoms. The molecule has 0 aromatic heterocycles. The summed E-state index contributed by atoms with van der Waals surface area (Å²) in [6, 6.07) is 0.848. The van der Waals surface area contributed by atoms with Crippen LogP contribution in [0.3, 0.4) is 0 Å². The molecular weight excluding hydrogens is 198 g/mol. The van der Waals surface area contributed by atoms with Crippen molar-refractivity contribution in [2.75, 3.05) is 46.3 Å². The second-order valence-electron chi connectivity index (χ2n) is 5.56. The number of nitrogens with one attached hydrogen (secondary N) is 1. The minimum atomic E-state index is 0.848. The summed E-state index contributed by atoms with van der Waals surface area (Å²) in [4.78, 5) is 5.19. The molecule has 3 heteroatoms. The Morgan fingerprint density at radius 2 is 2.06 bits per heavy atom. The monoisotopic (exact) mass is 225 g/mol. The summed E-state index contributed by atoms with van der Waals surface area (Å²) in [5, 5.41) is 3.56. The van der Waals surface area contributed by atoms with Crippen molar-refractivity contribution in [1.29, 1.82) is 0 Å². The zero-order chi connectivity index (χ0) is 11.4. The molecule has 94 valence electrons. The molecule has 2 aliphatic heterocycles. The van der Waals surface area contributed by atoms with Crippen molar-refractivity contribution >= 4 is 0 Å². The lowest BCUT2D eigenvalue weighted by atomic mass is 10.1. The third-order valence-corrected chi connectivity index (χ3v) is 4.06. The third-order valence-electron chi connectivity index (χ3n) is 4.06. The number of nitrogens with zero attached hydrogens (tertiary/aromatic N) is 2. The Kier molecular flexibility index (Phi) is 4.62. The van der Waals surface area contributed by atoms with Crippen molar-refractivity contribution < 1.29 is 0 Å². The number of hydrogen-bond acceptors (Lipinski definition) is 3. The van der Waals surface area contributed by atoms with E-state index in [1.165, 1.54) is 58.5 Å². The Balaban J connectivity index is 1.67. The summed E-state index contributed by atoms with van der Waals surface area (Å²) in [6.45, 7) is 9.89. The largest absolute Gasteiger partial charge is 0.316 e. The summed E-state index contributed by atoms with van der Waals surface area (Å²) in [6.07, 6.45) is 4.03. The molecule has 16 heavy (non-hydrogen) atoms. The molecule has 0 aromatic rings.